The van der Waals surface area contributed by atoms with E-state index in [2.05, 4.69) is 16.4 Å². The number of nitrogens with one attached hydrogen (secondary N) is 2. The van der Waals surface area contributed by atoms with Gasteiger partial charge in [0.05, 0.1) is 46.0 Å². The number of rotatable bonds is 7. The van der Waals surface area contributed by atoms with Gasteiger partial charge >= 0.3 is 18.1 Å². The summed E-state index contributed by atoms with van der Waals surface area (Å²) in [5, 5.41) is 24.5. The molecule has 3 rings (SSSR count). The second-order valence-electron chi connectivity index (χ2n) is 6.79. The largest absolute Gasteiger partial charge is 0.478 e. The molecule has 0 aliphatic carbocycles. The first-order valence-electron chi connectivity index (χ1n) is 9.33. The Morgan fingerprint density at radius 3 is 2.00 bits per heavy atom. The van der Waals surface area contributed by atoms with Gasteiger partial charge in [-0.3, -0.25) is 0 Å². The number of aromatic carboxylic acids is 2. The van der Waals surface area contributed by atoms with Gasteiger partial charge in [-0.25, -0.2) is 9.59 Å². The number of benzene rings is 3. The van der Waals surface area contributed by atoms with Crippen molar-refractivity contribution in [2.24, 2.45) is 0 Å². The summed E-state index contributed by atoms with van der Waals surface area (Å²) in [6, 6.07) is 13.2. The van der Waals surface area contributed by atoms with Crippen molar-refractivity contribution in [3.05, 3.63) is 82.9 Å². The second kappa shape index (κ2) is 8.98. The smallest absolute Gasteiger partial charge is 0.416 e. The summed E-state index contributed by atoms with van der Waals surface area (Å²) in [4.78, 5) is 23.2. The van der Waals surface area contributed by atoms with Crippen LogP contribution < -0.4 is 16.4 Å². The van der Waals surface area contributed by atoms with E-state index in [0.29, 0.717) is 12.1 Å². The summed E-state index contributed by atoms with van der Waals surface area (Å²) in [7, 11) is 0. The van der Waals surface area contributed by atoms with Gasteiger partial charge in [0.1, 0.15) is 0 Å². The highest BCUT2D eigenvalue weighted by Crippen LogP contribution is 2.37. The van der Waals surface area contributed by atoms with E-state index in [1.165, 1.54) is 30.3 Å². The van der Waals surface area contributed by atoms with Gasteiger partial charge in [-0.15, -0.1) is 0 Å². The highest BCUT2D eigenvalue weighted by atomic mass is 19.4. The number of hydrogen-bond donors (Lipinski definition) is 5. The van der Waals surface area contributed by atoms with Crippen LogP contribution in [-0.4, -0.2) is 22.2 Å². The quantitative estimate of drug-likeness (QED) is 0.368. The molecule has 0 bridgehead atoms. The highest BCUT2D eigenvalue weighted by Gasteiger charge is 2.31. The number of carboxylic acid groups (broad SMARTS) is 2. The van der Waals surface area contributed by atoms with Crippen LogP contribution in [0.3, 0.4) is 0 Å². The Morgan fingerprint density at radius 2 is 1.38 bits per heavy atom. The zero-order valence-electron chi connectivity index (χ0n) is 16.5. The van der Waals surface area contributed by atoms with Crippen molar-refractivity contribution in [3.63, 3.8) is 0 Å². The van der Waals surface area contributed by atoms with Gasteiger partial charge in [0.25, 0.3) is 0 Å². The molecule has 0 saturated heterocycles. The highest BCUT2D eigenvalue weighted by molar-refractivity contribution is 5.98. The Balaban J connectivity index is 2.10. The average molecular weight is 446 g/mol. The van der Waals surface area contributed by atoms with E-state index < -0.39 is 23.7 Å². The second-order valence-corrected chi connectivity index (χ2v) is 6.79. The Kier molecular flexibility index (Phi) is 6.35. The van der Waals surface area contributed by atoms with E-state index >= 15 is 0 Å². The molecule has 3 aromatic rings. The van der Waals surface area contributed by atoms with Crippen molar-refractivity contribution < 1.29 is 38.7 Å². The fraction of sp³-hybridized carbons (Fsp3) is 0.0909. The number of alkyl halides is 3. The number of carboxylic acids is 2. The van der Waals surface area contributed by atoms with Crippen LogP contribution in [0.1, 0.15) is 31.8 Å². The van der Waals surface area contributed by atoms with Crippen LogP contribution in [-0.2, 0) is 12.7 Å². The standard InChI is InChI=1S/C22H18F3N3O4/c23-22(24,25)13-6-8-18(27-16-4-2-1-3-14(16)20(29)30)19(10-13)28-17-7-5-12(11-26)9-15(17)21(31)32/h1-10,27-28H,11,26H2,(H,29,30)(H,31,32)/p+1. The lowest BCUT2D eigenvalue weighted by molar-refractivity contribution is -0.386. The molecule has 3 aromatic carbocycles. The fourth-order valence-electron chi connectivity index (χ4n) is 3.03. The third-order valence-corrected chi connectivity index (χ3v) is 4.65. The Labute approximate surface area is 180 Å². The molecular formula is C22H19F3N3O4+. The minimum Gasteiger partial charge on any atom is -0.478 e. The molecule has 10 heteroatoms. The fourth-order valence-corrected chi connectivity index (χ4v) is 3.03. The Morgan fingerprint density at radius 1 is 0.781 bits per heavy atom. The maximum Gasteiger partial charge on any atom is 0.416 e. The summed E-state index contributed by atoms with van der Waals surface area (Å²) in [5.74, 6) is -2.48. The molecule has 32 heavy (non-hydrogen) atoms. The lowest BCUT2D eigenvalue weighted by atomic mass is 10.1. The number of hydrogen-bond acceptors (Lipinski definition) is 4. The van der Waals surface area contributed by atoms with Crippen molar-refractivity contribution in [1.29, 1.82) is 0 Å². The monoisotopic (exact) mass is 446 g/mol. The molecule has 0 aliphatic rings. The van der Waals surface area contributed by atoms with Crippen molar-refractivity contribution in [2.45, 2.75) is 12.7 Å². The number of carbonyl (C=O) groups is 2. The molecule has 0 radical (unpaired) electrons. The van der Waals surface area contributed by atoms with E-state index in [0.717, 1.165) is 18.2 Å². The van der Waals surface area contributed by atoms with Gasteiger partial charge < -0.3 is 26.6 Å². The SMILES string of the molecule is [NH3+]Cc1ccc(Nc2cc(C(F)(F)F)ccc2Nc2ccccc2C(=O)O)c(C(=O)O)c1. The van der Waals surface area contributed by atoms with Gasteiger partial charge in [0, 0.05) is 5.56 Å². The summed E-state index contributed by atoms with van der Waals surface area (Å²) in [5.41, 5.74) is 3.45. The van der Waals surface area contributed by atoms with Crippen molar-refractivity contribution in [2.75, 3.05) is 10.6 Å². The summed E-state index contributed by atoms with van der Waals surface area (Å²) < 4.78 is 39.9. The summed E-state index contributed by atoms with van der Waals surface area (Å²) in [6.07, 6.45) is -4.64. The molecule has 0 spiro atoms. The Bertz CT molecular complexity index is 1180. The molecule has 0 heterocycles. The molecule has 0 unspecified atom stereocenters. The van der Waals surface area contributed by atoms with Crippen molar-refractivity contribution in [1.82, 2.24) is 0 Å². The molecule has 166 valence electrons. The van der Waals surface area contributed by atoms with E-state index in [9.17, 15) is 33.0 Å². The Hall–Kier alpha value is -4.05. The third-order valence-electron chi connectivity index (χ3n) is 4.65. The van der Waals surface area contributed by atoms with Crippen molar-refractivity contribution in [3.8, 4) is 0 Å². The molecule has 0 aromatic heterocycles. The predicted molar refractivity (Wildman–Crippen MR) is 111 cm³/mol. The molecular weight excluding hydrogens is 427 g/mol. The minimum absolute atomic E-state index is 0.0728. The number of quaternary nitrogens is 1. The maximum absolute atomic E-state index is 13.3. The molecule has 0 atom stereocenters. The number of para-hydroxylation sites is 1. The van der Waals surface area contributed by atoms with Gasteiger partial charge in [-0.05, 0) is 42.5 Å². The maximum atomic E-state index is 13.3. The minimum atomic E-state index is -4.64. The van der Waals surface area contributed by atoms with E-state index in [1.807, 2.05) is 0 Å². The summed E-state index contributed by atoms with van der Waals surface area (Å²) in [6.45, 7) is 0.336. The van der Waals surface area contributed by atoms with Crippen LogP contribution in [0.5, 0.6) is 0 Å². The molecule has 7 nitrogen and oxygen atoms in total. The third kappa shape index (κ3) is 4.98. The zero-order chi connectivity index (χ0) is 23.5. The molecule has 0 saturated carbocycles. The zero-order valence-corrected chi connectivity index (χ0v) is 16.5. The predicted octanol–water partition coefficient (Wildman–Crippen LogP) is 4.33. The van der Waals surface area contributed by atoms with Crippen LogP contribution in [0, 0.1) is 0 Å². The molecule has 0 fully saturated rings. The first kappa shape index (κ1) is 22.6. The van der Waals surface area contributed by atoms with E-state index in [-0.39, 0.29) is 33.9 Å². The van der Waals surface area contributed by atoms with Gasteiger partial charge in [0.2, 0.25) is 0 Å². The van der Waals surface area contributed by atoms with Crippen LogP contribution >= 0.6 is 0 Å². The van der Waals surface area contributed by atoms with Crippen LogP contribution in [0.4, 0.5) is 35.9 Å². The lowest BCUT2D eigenvalue weighted by Crippen LogP contribution is -2.47. The van der Waals surface area contributed by atoms with Gasteiger partial charge in [-0.2, -0.15) is 13.2 Å². The van der Waals surface area contributed by atoms with E-state index in [4.69, 9.17) is 0 Å². The van der Waals surface area contributed by atoms with Gasteiger partial charge in [0.15, 0.2) is 0 Å². The lowest BCUT2D eigenvalue weighted by Gasteiger charge is -2.18. The molecule has 0 aliphatic heterocycles. The van der Waals surface area contributed by atoms with Crippen LogP contribution in [0.25, 0.3) is 0 Å². The van der Waals surface area contributed by atoms with Gasteiger partial charge in [-0.1, -0.05) is 18.2 Å². The molecule has 0 amide bonds. The van der Waals surface area contributed by atoms with Crippen LogP contribution in [0.2, 0.25) is 0 Å². The number of anilines is 4. The normalized spacial score (nSPS) is 11.1. The van der Waals surface area contributed by atoms with Crippen molar-refractivity contribution >= 4 is 34.7 Å². The molecule has 7 N–H and O–H groups in total. The number of halogens is 3. The summed E-state index contributed by atoms with van der Waals surface area (Å²) >= 11 is 0. The first-order chi connectivity index (χ1) is 15.1. The topological polar surface area (TPSA) is 126 Å². The average Bonchev–Trinajstić information content (AvgIpc) is 2.74. The van der Waals surface area contributed by atoms with E-state index in [1.54, 1.807) is 12.1 Å². The first-order valence-corrected chi connectivity index (χ1v) is 9.33. The van der Waals surface area contributed by atoms with Crippen LogP contribution in [0.15, 0.2) is 60.7 Å².